The molecule has 0 bridgehead atoms. The number of hydrogen-bond donors (Lipinski definition) is 0. The van der Waals surface area contributed by atoms with Crippen LogP contribution in [-0.4, -0.2) is 0 Å². The summed E-state index contributed by atoms with van der Waals surface area (Å²) in [5.41, 5.74) is 42.5. The van der Waals surface area contributed by atoms with E-state index in [2.05, 4.69) is 489 Å². The van der Waals surface area contributed by atoms with Crippen molar-refractivity contribution in [2.24, 2.45) is 0 Å². The fourth-order valence-electron chi connectivity index (χ4n) is 25.7. The van der Waals surface area contributed by atoms with Crippen molar-refractivity contribution in [2.75, 3.05) is 14.7 Å². The van der Waals surface area contributed by atoms with Gasteiger partial charge in [-0.25, -0.2) is 0 Å². The summed E-state index contributed by atoms with van der Waals surface area (Å²) in [6.07, 6.45) is 26.8. The van der Waals surface area contributed by atoms with Crippen LogP contribution in [0, 0.1) is 0 Å². The van der Waals surface area contributed by atoms with Crippen LogP contribution in [0.2, 0.25) is 0 Å². The Morgan fingerprint density at radius 3 is 0.754 bits per heavy atom. The number of fused-ring (bicyclic) bond motifs is 9. The summed E-state index contributed by atoms with van der Waals surface area (Å²) in [4.78, 5) is 7.41. The van der Waals surface area contributed by atoms with E-state index in [1.165, 1.54) is 313 Å². The highest BCUT2D eigenvalue weighted by Gasteiger charge is 2.49. The smallest absolute Gasteiger partial charge is 0.0714 e. The van der Waals surface area contributed by atoms with Crippen LogP contribution in [0.3, 0.4) is 0 Å². The van der Waals surface area contributed by atoms with Gasteiger partial charge in [-0.05, 0) is 335 Å². The molecule has 24 rings (SSSR count). The van der Waals surface area contributed by atoms with Crippen LogP contribution in [0.4, 0.5) is 51.2 Å². The molecule has 708 valence electrons. The van der Waals surface area contributed by atoms with Gasteiger partial charge in [0.2, 0.25) is 0 Å². The predicted octanol–water partition coefficient (Wildman–Crippen LogP) is 39.0. The molecular formula is C139H137N3. The first-order chi connectivity index (χ1) is 69.4. The predicted molar refractivity (Wildman–Crippen MR) is 602 cm³/mol. The zero-order valence-corrected chi connectivity index (χ0v) is 84.6. The van der Waals surface area contributed by atoms with E-state index in [4.69, 9.17) is 0 Å². The Balaban J connectivity index is 0.000000125. The molecule has 17 aromatic rings. The topological polar surface area (TPSA) is 9.72 Å². The summed E-state index contributed by atoms with van der Waals surface area (Å²) in [7, 11) is 0. The van der Waals surface area contributed by atoms with Crippen LogP contribution in [0.1, 0.15) is 296 Å². The van der Waals surface area contributed by atoms with E-state index in [1.54, 1.807) is 0 Å². The van der Waals surface area contributed by atoms with E-state index >= 15 is 0 Å². The lowest BCUT2D eigenvalue weighted by Gasteiger charge is -2.35. The van der Waals surface area contributed by atoms with E-state index in [-0.39, 0.29) is 16.2 Å². The quantitative estimate of drug-likeness (QED) is 0.0848. The molecule has 1 unspecified atom stereocenters. The SMILES string of the molecule is CC(C)(C)c1ccc(N(c2ccc(C(C)(C)C)cc2)c2ccc3c(c2)C(C)(C)c2ccccc2-3)cc1.c1ccc(-c2cccc(C3(c4ccccc4)c4ccccc4-c4ccc(N(c5ccc(C6CCCCC6)cc5)c5ccc(C6CCCCC6)cc5)cc43)c2)cc1.c1ccc(C2(c3ccccc3)c3ccccc3-c3ccc(N(c4ccc(C5CCCCC5)cc4)c4ccc(C5CCCCC5)cc4)cc32)cc1. The Morgan fingerprint density at radius 2 is 0.430 bits per heavy atom. The average Bonchev–Trinajstić information content (AvgIpc) is 1.54. The Kier molecular flexibility index (Phi) is 26.2. The molecule has 3 nitrogen and oxygen atoms in total. The Labute approximate surface area is 846 Å². The van der Waals surface area contributed by atoms with E-state index < -0.39 is 10.8 Å². The minimum atomic E-state index is -0.505. The highest BCUT2D eigenvalue weighted by atomic mass is 15.2. The molecule has 0 aromatic heterocycles. The number of rotatable bonds is 18. The number of hydrogen-bond acceptors (Lipinski definition) is 3. The summed E-state index contributed by atoms with van der Waals surface area (Å²) in [5.74, 6) is 2.74. The number of nitrogens with zero attached hydrogens (tertiary/aromatic N) is 3. The normalized spacial score (nSPS) is 16.9. The van der Waals surface area contributed by atoms with Gasteiger partial charge in [0.05, 0.1) is 10.8 Å². The van der Waals surface area contributed by atoms with Gasteiger partial charge in [0.15, 0.2) is 0 Å². The molecule has 0 amide bonds. The maximum absolute atomic E-state index is 2.52. The van der Waals surface area contributed by atoms with Crippen molar-refractivity contribution in [1.82, 2.24) is 0 Å². The third kappa shape index (κ3) is 17.9. The number of benzene rings is 17. The van der Waals surface area contributed by atoms with Crippen molar-refractivity contribution < 1.29 is 0 Å². The minimum Gasteiger partial charge on any atom is -0.310 e. The molecule has 0 heterocycles. The molecule has 0 saturated heterocycles. The fourth-order valence-corrected chi connectivity index (χ4v) is 25.7. The largest absolute Gasteiger partial charge is 0.310 e. The van der Waals surface area contributed by atoms with E-state index in [9.17, 15) is 0 Å². The Hall–Kier alpha value is -13.9. The van der Waals surface area contributed by atoms with Crippen molar-refractivity contribution in [3.63, 3.8) is 0 Å². The van der Waals surface area contributed by atoms with Crippen molar-refractivity contribution in [3.05, 3.63) is 508 Å². The van der Waals surface area contributed by atoms with Crippen molar-refractivity contribution in [3.8, 4) is 44.5 Å². The van der Waals surface area contributed by atoms with Crippen LogP contribution in [0.15, 0.2) is 419 Å². The molecule has 7 aliphatic rings. The maximum Gasteiger partial charge on any atom is 0.0714 e. The van der Waals surface area contributed by atoms with Gasteiger partial charge in [-0.1, -0.05) is 436 Å². The molecule has 1 atom stereocenters. The molecule has 3 heteroatoms. The van der Waals surface area contributed by atoms with Gasteiger partial charge in [-0.3, -0.25) is 0 Å². The molecule has 4 saturated carbocycles. The zero-order chi connectivity index (χ0) is 96.5. The van der Waals surface area contributed by atoms with E-state index in [0.29, 0.717) is 23.7 Å². The van der Waals surface area contributed by atoms with E-state index in [1.807, 2.05) is 0 Å². The van der Waals surface area contributed by atoms with Crippen LogP contribution in [0.25, 0.3) is 44.5 Å². The van der Waals surface area contributed by atoms with Gasteiger partial charge in [-0.15, -0.1) is 0 Å². The van der Waals surface area contributed by atoms with Crippen LogP contribution in [0.5, 0.6) is 0 Å². The molecule has 17 aromatic carbocycles. The average molecular weight is 1850 g/mol. The van der Waals surface area contributed by atoms with Gasteiger partial charge in [0.25, 0.3) is 0 Å². The lowest BCUT2D eigenvalue weighted by atomic mass is 9.67. The molecule has 0 N–H and O–H groups in total. The summed E-state index contributed by atoms with van der Waals surface area (Å²) >= 11 is 0. The van der Waals surface area contributed by atoms with Gasteiger partial charge < -0.3 is 14.7 Å². The van der Waals surface area contributed by atoms with Gasteiger partial charge in [0, 0.05) is 56.6 Å². The summed E-state index contributed by atoms with van der Waals surface area (Å²) in [5, 5.41) is 0. The molecule has 0 aliphatic heterocycles. The zero-order valence-electron chi connectivity index (χ0n) is 84.6. The van der Waals surface area contributed by atoms with Gasteiger partial charge in [0.1, 0.15) is 0 Å². The maximum atomic E-state index is 2.52. The van der Waals surface area contributed by atoms with Crippen LogP contribution < -0.4 is 14.7 Å². The van der Waals surface area contributed by atoms with Crippen molar-refractivity contribution in [1.29, 1.82) is 0 Å². The summed E-state index contributed by atoms with van der Waals surface area (Å²) in [6, 6.07) is 159. The summed E-state index contributed by atoms with van der Waals surface area (Å²) < 4.78 is 0. The van der Waals surface area contributed by atoms with Gasteiger partial charge in [-0.2, -0.15) is 0 Å². The van der Waals surface area contributed by atoms with Crippen molar-refractivity contribution >= 4 is 51.2 Å². The molecule has 4 fully saturated rings. The van der Waals surface area contributed by atoms with Gasteiger partial charge >= 0.3 is 0 Å². The Morgan fingerprint density at radius 1 is 0.190 bits per heavy atom. The lowest BCUT2D eigenvalue weighted by Crippen LogP contribution is -2.29. The molecule has 142 heavy (non-hydrogen) atoms. The lowest BCUT2D eigenvalue weighted by molar-refractivity contribution is 0.443. The van der Waals surface area contributed by atoms with Crippen LogP contribution >= 0.6 is 0 Å². The van der Waals surface area contributed by atoms with Crippen LogP contribution in [-0.2, 0) is 27.1 Å². The second kappa shape index (κ2) is 39.9. The third-order valence-electron chi connectivity index (χ3n) is 33.3. The first-order valence-electron chi connectivity index (χ1n) is 53.5. The highest BCUT2D eigenvalue weighted by molar-refractivity contribution is 5.93. The second-order valence-electron chi connectivity index (χ2n) is 44.3. The molecule has 0 spiro atoms. The first kappa shape index (κ1) is 93.1. The molecular weight excluding hydrogens is 1710 g/mol. The Bertz CT molecular complexity index is 7000. The number of anilines is 9. The van der Waals surface area contributed by atoms with E-state index in [0.717, 1.165) is 0 Å². The van der Waals surface area contributed by atoms with Crippen molar-refractivity contribution in [2.45, 2.75) is 235 Å². The third-order valence-corrected chi connectivity index (χ3v) is 33.3. The standard InChI is InChI=1S/C55H51N.C49H47N.C35H39N/c1-5-16-40(17-6-1)43-28-32-48(33-29-43)56(49-34-30-44(31-35-49)41-18-7-2-8-19-41)50-36-37-52-51-26-13-14-27-53(51)55(54(52)39-50,46-23-11-4-12-24-46)47-25-15-22-45(38-47)42-20-9-3-10-21-42;1-5-15-36(16-6-1)38-25-29-42(30-26-38)50(43-31-27-39(28-32-43)37-17-7-2-8-18-37)44-33-34-46-45-23-13-14-24-47(45)49(48(46)35-44,40-19-9-3-10-20-40)41-21-11-4-12-22-41;1-33(2,3)24-13-17-26(18-14-24)36(27-19-15-25(16-20-27)34(4,5)6)28-21-22-30-29-11-9-10-12-31(29)35(7,8)32(30)23-28/h3-4,9-15,20-41H,1-2,5-8,16-19H2;3-4,9-14,19-37H,1-2,5-8,15-18H2;9-23H,1-8H3. The highest BCUT2D eigenvalue weighted by Crippen LogP contribution is 2.61. The fraction of sp³-hybridized carbons (Fsp3) is 0.266. The summed E-state index contributed by atoms with van der Waals surface area (Å²) in [6.45, 7) is 18.3. The monoisotopic (exact) mass is 1850 g/mol. The second-order valence-corrected chi connectivity index (χ2v) is 44.3. The first-order valence-corrected chi connectivity index (χ1v) is 53.5. The molecule has 7 aliphatic carbocycles. The molecule has 0 radical (unpaired) electrons. The minimum absolute atomic E-state index is 0.0280.